The van der Waals surface area contributed by atoms with E-state index in [0.29, 0.717) is 17.5 Å². The van der Waals surface area contributed by atoms with E-state index in [-0.39, 0.29) is 0 Å². The summed E-state index contributed by atoms with van der Waals surface area (Å²) in [6, 6.07) is 71.6. The molecule has 0 unspecified atom stereocenters. The highest BCUT2D eigenvalue weighted by atomic mass is 32.1. The van der Waals surface area contributed by atoms with Crippen LogP contribution in [0.15, 0.2) is 200 Å². The smallest absolute Gasteiger partial charge is 0.164 e. The maximum Gasteiger partial charge on any atom is 0.164 e. The summed E-state index contributed by atoms with van der Waals surface area (Å²) in [6.45, 7) is 0. The fourth-order valence-electron chi connectivity index (χ4n) is 8.68. The molecule has 1 aliphatic rings. The van der Waals surface area contributed by atoms with Crippen molar-refractivity contribution >= 4 is 31.5 Å². The maximum atomic E-state index is 5.13. The number of fused-ring (bicyclic) bond motifs is 6. The van der Waals surface area contributed by atoms with Crippen LogP contribution in [-0.2, 0) is 5.41 Å². The van der Waals surface area contributed by atoms with E-state index in [0.717, 1.165) is 27.8 Å². The van der Waals surface area contributed by atoms with Crippen molar-refractivity contribution in [3.05, 3.63) is 222 Å². The summed E-state index contributed by atoms with van der Waals surface area (Å²) in [5.74, 6) is 1.96. The van der Waals surface area contributed by atoms with Gasteiger partial charge in [-0.05, 0) is 62.7 Å². The van der Waals surface area contributed by atoms with Gasteiger partial charge in [-0.2, -0.15) is 0 Å². The Balaban J connectivity index is 1.06. The number of hydrogen-bond acceptors (Lipinski definition) is 4. The van der Waals surface area contributed by atoms with Crippen LogP contribution in [0.1, 0.15) is 22.3 Å². The molecule has 0 spiro atoms. The summed E-state index contributed by atoms with van der Waals surface area (Å²) in [4.78, 5) is 15.2. The second kappa shape index (κ2) is 13.1. The Morgan fingerprint density at radius 3 is 1.46 bits per heavy atom. The lowest BCUT2D eigenvalue weighted by Gasteiger charge is -2.33. The summed E-state index contributed by atoms with van der Waals surface area (Å²) in [5, 5.41) is 2.48. The molecule has 0 fully saturated rings. The van der Waals surface area contributed by atoms with E-state index in [1.165, 1.54) is 53.6 Å². The molecule has 8 aromatic carbocycles. The van der Waals surface area contributed by atoms with E-state index in [4.69, 9.17) is 15.0 Å². The van der Waals surface area contributed by atoms with Gasteiger partial charge in [-0.1, -0.05) is 182 Å². The lowest BCUT2D eigenvalue weighted by Crippen LogP contribution is -2.28. The van der Waals surface area contributed by atoms with Gasteiger partial charge in [0.1, 0.15) is 0 Å². The molecule has 0 saturated heterocycles. The minimum atomic E-state index is -0.434. The summed E-state index contributed by atoms with van der Waals surface area (Å²) >= 11 is 1.83. The van der Waals surface area contributed by atoms with Gasteiger partial charge in [0, 0.05) is 36.9 Å². The standard InChI is InChI=1S/C52H33N3S/c1-4-15-34(16-5-1)36-19-14-20-37(31-36)50-53-49(35-17-6-2-7-18-35)54-51(55-50)38-27-29-43-44-30-28-40(33-48(44)56-47(43)32-38)52(39-21-8-3-9-22-39)45-25-12-10-23-41(45)42-24-11-13-26-46(42)52/h1-33H. The molecule has 3 nitrogen and oxygen atoms in total. The highest BCUT2D eigenvalue weighted by Gasteiger charge is 2.45. The third-order valence-corrected chi connectivity index (χ3v) is 12.3. The van der Waals surface area contributed by atoms with Crippen LogP contribution in [0.4, 0.5) is 0 Å². The molecule has 11 rings (SSSR count). The average Bonchev–Trinajstić information content (AvgIpc) is 3.80. The first kappa shape index (κ1) is 32.4. The predicted octanol–water partition coefficient (Wildman–Crippen LogP) is 13.3. The Hall–Kier alpha value is -7.01. The normalized spacial score (nSPS) is 12.8. The van der Waals surface area contributed by atoms with Gasteiger partial charge < -0.3 is 0 Å². The second-order valence-electron chi connectivity index (χ2n) is 14.4. The quantitative estimate of drug-likeness (QED) is 0.171. The fourth-order valence-corrected chi connectivity index (χ4v) is 9.86. The molecule has 0 bridgehead atoms. The van der Waals surface area contributed by atoms with Gasteiger partial charge >= 0.3 is 0 Å². The summed E-state index contributed by atoms with van der Waals surface area (Å²) < 4.78 is 2.45. The predicted molar refractivity (Wildman–Crippen MR) is 232 cm³/mol. The van der Waals surface area contributed by atoms with Crippen LogP contribution < -0.4 is 0 Å². The van der Waals surface area contributed by atoms with E-state index in [2.05, 4.69) is 176 Å². The lowest BCUT2D eigenvalue weighted by molar-refractivity contribution is 0.770. The molecule has 10 aromatic rings. The van der Waals surface area contributed by atoms with Crippen molar-refractivity contribution in [3.63, 3.8) is 0 Å². The van der Waals surface area contributed by atoms with Gasteiger partial charge in [0.15, 0.2) is 17.5 Å². The number of hydrogen-bond donors (Lipinski definition) is 0. The second-order valence-corrected chi connectivity index (χ2v) is 15.4. The van der Waals surface area contributed by atoms with E-state index >= 15 is 0 Å². The van der Waals surface area contributed by atoms with E-state index in [1.54, 1.807) is 0 Å². The SMILES string of the molecule is c1ccc(-c2cccc(-c3nc(-c4ccccc4)nc(-c4ccc5c(c4)sc4cc(C6(c7ccccc7)c7ccccc7-c7ccccc76)ccc45)n3)c2)cc1. The molecule has 2 aromatic heterocycles. The van der Waals surface area contributed by atoms with Crippen LogP contribution >= 0.6 is 11.3 Å². The molecule has 1 aliphatic carbocycles. The average molecular weight is 732 g/mol. The first-order valence-corrected chi connectivity index (χ1v) is 19.8. The van der Waals surface area contributed by atoms with Crippen LogP contribution in [0.5, 0.6) is 0 Å². The van der Waals surface area contributed by atoms with Gasteiger partial charge in [0.2, 0.25) is 0 Å². The van der Waals surface area contributed by atoms with Crippen molar-refractivity contribution in [1.29, 1.82) is 0 Å². The number of rotatable bonds is 6. The zero-order chi connectivity index (χ0) is 37.1. The van der Waals surface area contributed by atoms with Gasteiger partial charge in [0.05, 0.1) is 5.41 Å². The maximum absolute atomic E-state index is 5.13. The molecule has 0 aliphatic heterocycles. The molecule has 262 valence electrons. The van der Waals surface area contributed by atoms with E-state index < -0.39 is 5.41 Å². The van der Waals surface area contributed by atoms with Crippen LogP contribution in [0.3, 0.4) is 0 Å². The molecular weight excluding hydrogens is 699 g/mol. The number of aromatic nitrogens is 3. The first-order chi connectivity index (χ1) is 27.7. The van der Waals surface area contributed by atoms with Crippen molar-refractivity contribution in [2.24, 2.45) is 0 Å². The van der Waals surface area contributed by atoms with Crippen molar-refractivity contribution < 1.29 is 0 Å². The molecule has 0 radical (unpaired) electrons. The van der Waals surface area contributed by atoms with Gasteiger partial charge in [0.25, 0.3) is 0 Å². The highest BCUT2D eigenvalue weighted by Crippen LogP contribution is 2.56. The topological polar surface area (TPSA) is 38.7 Å². The Labute approximate surface area is 329 Å². The number of thiophene rings is 1. The zero-order valence-electron chi connectivity index (χ0n) is 30.3. The van der Waals surface area contributed by atoms with Gasteiger partial charge in [-0.15, -0.1) is 11.3 Å². The molecule has 0 amide bonds. The van der Waals surface area contributed by atoms with Crippen molar-refractivity contribution in [3.8, 4) is 56.4 Å². The molecule has 0 saturated carbocycles. The monoisotopic (exact) mass is 731 g/mol. The van der Waals surface area contributed by atoms with Crippen LogP contribution in [-0.4, -0.2) is 15.0 Å². The third kappa shape index (κ3) is 5.14. The Morgan fingerprint density at radius 1 is 0.321 bits per heavy atom. The lowest BCUT2D eigenvalue weighted by atomic mass is 9.67. The minimum Gasteiger partial charge on any atom is -0.208 e. The highest BCUT2D eigenvalue weighted by molar-refractivity contribution is 7.25. The summed E-state index contributed by atoms with van der Waals surface area (Å²) in [7, 11) is 0. The Kier molecular flexibility index (Phi) is 7.58. The van der Waals surface area contributed by atoms with Gasteiger partial charge in [-0.25, -0.2) is 15.0 Å². The number of benzene rings is 8. The summed E-state index contributed by atoms with van der Waals surface area (Å²) in [6.07, 6.45) is 0. The first-order valence-electron chi connectivity index (χ1n) is 18.9. The largest absolute Gasteiger partial charge is 0.208 e. The minimum absolute atomic E-state index is 0.434. The van der Waals surface area contributed by atoms with Gasteiger partial charge in [-0.3, -0.25) is 0 Å². The van der Waals surface area contributed by atoms with E-state index in [1.807, 2.05) is 35.6 Å². The molecule has 0 atom stereocenters. The Bertz CT molecular complexity index is 3030. The van der Waals surface area contributed by atoms with Crippen molar-refractivity contribution in [2.75, 3.05) is 0 Å². The molecule has 4 heteroatoms. The summed E-state index contributed by atoms with van der Waals surface area (Å²) in [5.41, 5.74) is 12.5. The zero-order valence-corrected chi connectivity index (χ0v) is 31.1. The van der Waals surface area contributed by atoms with Crippen molar-refractivity contribution in [1.82, 2.24) is 15.0 Å². The molecular formula is C52H33N3S. The molecule has 56 heavy (non-hydrogen) atoms. The van der Waals surface area contributed by atoms with Crippen molar-refractivity contribution in [2.45, 2.75) is 5.41 Å². The third-order valence-electron chi connectivity index (χ3n) is 11.2. The van der Waals surface area contributed by atoms with E-state index in [9.17, 15) is 0 Å². The number of nitrogens with zero attached hydrogens (tertiary/aromatic N) is 3. The molecule has 0 N–H and O–H groups in total. The Morgan fingerprint density at radius 2 is 0.804 bits per heavy atom. The van der Waals surface area contributed by atoms with Crippen LogP contribution in [0.25, 0.3) is 76.6 Å². The molecule has 2 heterocycles. The van der Waals surface area contributed by atoms with Crippen LogP contribution in [0, 0.1) is 0 Å². The van der Waals surface area contributed by atoms with Crippen LogP contribution in [0.2, 0.25) is 0 Å². The fraction of sp³-hybridized carbons (Fsp3) is 0.0192.